The van der Waals surface area contributed by atoms with Gasteiger partial charge in [0.05, 0.1) is 6.10 Å². The highest BCUT2D eigenvalue weighted by atomic mass is 16.5. The lowest BCUT2D eigenvalue weighted by Crippen LogP contribution is -2.40. The van der Waals surface area contributed by atoms with Crippen LogP contribution in [0.2, 0.25) is 0 Å². The molecule has 0 amide bonds. The van der Waals surface area contributed by atoms with E-state index in [1.165, 1.54) is 20.1 Å². The summed E-state index contributed by atoms with van der Waals surface area (Å²) in [6, 6.07) is 0. The zero-order valence-electron chi connectivity index (χ0n) is 14.4. The number of unbranched alkanes of at least 4 members (excludes halogenated alkanes) is 1. The second-order valence-corrected chi connectivity index (χ2v) is 5.73. The molecular weight excluding hydrogens is 314 g/mol. The van der Waals surface area contributed by atoms with E-state index in [2.05, 4.69) is 10.4 Å². The molecule has 0 saturated carbocycles. The SMILES string of the molecule is CCOCNn1cnc2c1c(=O)n(CCCCC(C)O)c(=O)n2C. The lowest BCUT2D eigenvalue weighted by Gasteiger charge is -2.11. The predicted octanol–water partition coefficient (Wildman–Crippen LogP) is -0.0147. The number of aliphatic hydroxyl groups is 1. The highest BCUT2D eigenvalue weighted by molar-refractivity contribution is 5.70. The van der Waals surface area contributed by atoms with E-state index in [1.54, 1.807) is 14.0 Å². The molecule has 1 unspecified atom stereocenters. The van der Waals surface area contributed by atoms with Crippen LogP contribution in [0.25, 0.3) is 11.2 Å². The number of hydrogen-bond donors (Lipinski definition) is 2. The molecule has 1 atom stereocenters. The fourth-order valence-electron chi connectivity index (χ4n) is 2.51. The van der Waals surface area contributed by atoms with Crippen LogP contribution in [0.3, 0.4) is 0 Å². The van der Waals surface area contributed by atoms with E-state index in [-0.39, 0.29) is 24.1 Å². The molecule has 0 aliphatic carbocycles. The van der Waals surface area contributed by atoms with Gasteiger partial charge in [-0.25, -0.2) is 14.5 Å². The van der Waals surface area contributed by atoms with E-state index < -0.39 is 0 Å². The Balaban J connectivity index is 2.32. The minimum atomic E-state index is -0.389. The van der Waals surface area contributed by atoms with E-state index >= 15 is 0 Å². The molecule has 134 valence electrons. The van der Waals surface area contributed by atoms with Crippen LogP contribution in [0, 0.1) is 0 Å². The van der Waals surface area contributed by atoms with Gasteiger partial charge in [0.15, 0.2) is 11.2 Å². The Morgan fingerprint density at radius 2 is 2.12 bits per heavy atom. The van der Waals surface area contributed by atoms with Crippen molar-refractivity contribution in [3.63, 3.8) is 0 Å². The van der Waals surface area contributed by atoms with Crippen LogP contribution in [0.1, 0.15) is 33.1 Å². The molecule has 9 nitrogen and oxygen atoms in total. The Kier molecular flexibility index (Phi) is 6.16. The Morgan fingerprint density at radius 3 is 2.79 bits per heavy atom. The molecule has 2 aromatic rings. The van der Waals surface area contributed by atoms with E-state index in [9.17, 15) is 14.7 Å². The lowest BCUT2D eigenvalue weighted by molar-refractivity contribution is 0.159. The van der Waals surface area contributed by atoms with Crippen molar-refractivity contribution in [3.8, 4) is 0 Å². The quantitative estimate of drug-likeness (QED) is 0.492. The van der Waals surface area contributed by atoms with Crippen molar-refractivity contribution < 1.29 is 9.84 Å². The van der Waals surface area contributed by atoms with Crippen molar-refractivity contribution in [2.45, 2.75) is 45.8 Å². The van der Waals surface area contributed by atoms with Crippen molar-refractivity contribution in [2.75, 3.05) is 18.8 Å². The number of nitrogens with one attached hydrogen (secondary N) is 1. The van der Waals surface area contributed by atoms with E-state index in [0.29, 0.717) is 37.2 Å². The third kappa shape index (κ3) is 3.85. The molecule has 0 aliphatic heterocycles. The molecular formula is C15H25N5O4. The molecule has 0 radical (unpaired) electrons. The molecule has 0 aromatic carbocycles. The first kappa shape index (κ1) is 18.2. The Hall–Kier alpha value is -2.13. The number of fused-ring (bicyclic) bond motifs is 1. The van der Waals surface area contributed by atoms with Gasteiger partial charge in [0.1, 0.15) is 13.1 Å². The number of aliphatic hydroxyl groups excluding tert-OH is 1. The second-order valence-electron chi connectivity index (χ2n) is 5.73. The summed E-state index contributed by atoms with van der Waals surface area (Å²) in [6.45, 7) is 4.69. The molecule has 2 N–H and O–H groups in total. The zero-order valence-corrected chi connectivity index (χ0v) is 14.4. The van der Waals surface area contributed by atoms with Crippen LogP contribution in [0.5, 0.6) is 0 Å². The lowest BCUT2D eigenvalue weighted by atomic mass is 10.2. The minimum Gasteiger partial charge on any atom is -0.393 e. The Morgan fingerprint density at radius 1 is 1.38 bits per heavy atom. The smallest absolute Gasteiger partial charge is 0.332 e. The fourth-order valence-corrected chi connectivity index (χ4v) is 2.51. The van der Waals surface area contributed by atoms with Crippen molar-refractivity contribution in [1.29, 1.82) is 0 Å². The van der Waals surface area contributed by atoms with Crippen molar-refractivity contribution in [3.05, 3.63) is 27.2 Å². The first-order valence-corrected chi connectivity index (χ1v) is 8.14. The van der Waals surface area contributed by atoms with E-state index in [1.807, 2.05) is 6.92 Å². The molecule has 2 aromatic heterocycles. The number of aromatic nitrogens is 4. The monoisotopic (exact) mass is 339 g/mol. The van der Waals surface area contributed by atoms with E-state index in [0.717, 1.165) is 6.42 Å². The highest BCUT2D eigenvalue weighted by Crippen LogP contribution is 2.05. The fraction of sp³-hybridized carbons (Fsp3) is 0.667. The van der Waals surface area contributed by atoms with Gasteiger partial charge >= 0.3 is 5.69 Å². The average molecular weight is 339 g/mol. The predicted molar refractivity (Wildman–Crippen MR) is 90.6 cm³/mol. The van der Waals surface area contributed by atoms with Crippen LogP contribution in [-0.2, 0) is 18.3 Å². The molecule has 0 aliphatic rings. The first-order valence-electron chi connectivity index (χ1n) is 8.14. The minimum absolute atomic E-state index is 0.235. The number of aryl methyl sites for hydroxylation is 1. The van der Waals surface area contributed by atoms with Crippen molar-refractivity contribution in [2.24, 2.45) is 7.05 Å². The molecule has 0 spiro atoms. The maximum absolute atomic E-state index is 12.7. The number of nitrogens with zero attached hydrogens (tertiary/aromatic N) is 4. The van der Waals surface area contributed by atoms with Crippen LogP contribution >= 0.6 is 0 Å². The van der Waals surface area contributed by atoms with Crippen LogP contribution < -0.4 is 16.7 Å². The summed E-state index contributed by atoms with van der Waals surface area (Å²) in [7, 11) is 1.59. The van der Waals surface area contributed by atoms with Gasteiger partial charge in [0.25, 0.3) is 5.56 Å². The second kappa shape index (κ2) is 8.11. The molecule has 24 heavy (non-hydrogen) atoms. The summed E-state index contributed by atoms with van der Waals surface area (Å²) in [6.07, 6.45) is 3.11. The Labute approximate surface area is 139 Å². The molecule has 0 bridgehead atoms. The summed E-state index contributed by atoms with van der Waals surface area (Å²) in [4.78, 5) is 29.2. The third-order valence-corrected chi connectivity index (χ3v) is 3.83. The summed E-state index contributed by atoms with van der Waals surface area (Å²) >= 11 is 0. The number of imidazole rings is 1. The molecule has 2 heterocycles. The summed E-state index contributed by atoms with van der Waals surface area (Å²) in [5.41, 5.74) is 2.80. The van der Waals surface area contributed by atoms with Crippen LogP contribution in [0.4, 0.5) is 0 Å². The number of rotatable bonds is 9. The van der Waals surface area contributed by atoms with Gasteiger partial charge in [0.2, 0.25) is 0 Å². The number of ether oxygens (including phenoxy) is 1. The average Bonchev–Trinajstić information content (AvgIpc) is 2.96. The molecule has 2 rings (SSSR count). The van der Waals surface area contributed by atoms with Crippen LogP contribution in [-0.4, -0.2) is 43.3 Å². The van der Waals surface area contributed by atoms with Gasteiger partial charge in [0, 0.05) is 20.2 Å². The summed E-state index contributed by atoms with van der Waals surface area (Å²) in [5, 5.41) is 9.29. The largest absolute Gasteiger partial charge is 0.393 e. The summed E-state index contributed by atoms with van der Waals surface area (Å²) < 4.78 is 9.28. The van der Waals surface area contributed by atoms with Crippen LogP contribution in [0.15, 0.2) is 15.9 Å². The molecule has 9 heteroatoms. The number of hydrogen-bond acceptors (Lipinski definition) is 6. The highest BCUT2D eigenvalue weighted by Gasteiger charge is 2.16. The van der Waals surface area contributed by atoms with Gasteiger partial charge in [-0.15, -0.1) is 0 Å². The topological polar surface area (TPSA) is 103 Å². The van der Waals surface area contributed by atoms with Gasteiger partial charge in [-0.05, 0) is 33.1 Å². The zero-order chi connectivity index (χ0) is 17.7. The van der Waals surface area contributed by atoms with Gasteiger partial charge in [-0.1, -0.05) is 0 Å². The maximum Gasteiger partial charge on any atom is 0.332 e. The van der Waals surface area contributed by atoms with Gasteiger partial charge < -0.3 is 9.84 Å². The summed E-state index contributed by atoms with van der Waals surface area (Å²) in [5.74, 6) is 0. The first-order chi connectivity index (χ1) is 11.5. The normalized spacial score (nSPS) is 12.7. The van der Waals surface area contributed by atoms with Gasteiger partial charge in [-0.2, -0.15) is 0 Å². The Bertz CT molecular complexity index is 789. The van der Waals surface area contributed by atoms with Gasteiger partial charge in [-0.3, -0.25) is 19.4 Å². The van der Waals surface area contributed by atoms with Crippen molar-refractivity contribution in [1.82, 2.24) is 18.8 Å². The molecule has 0 saturated heterocycles. The standard InChI is InChI=1S/C15H25N5O4/c1-4-24-10-17-20-9-16-13-12(20)14(22)19(15(23)18(13)3)8-6-5-7-11(2)21/h9,11,17,21H,4-8,10H2,1-3H3. The molecule has 0 fully saturated rings. The third-order valence-electron chi connectivity index (χ3n) is 3.83. The van der Waals surface area contributed by atoms with Crippen molar-refractivity contribution >= 4 is 11.2 Å². The van der Waals surface area contributed by atoms with E-state index in [4.69, 9.17) is 4.74 Å². The maximum atomic E-state index is 12.7.